The first-order chi connectivity index (χ1) is 22.9. The number of hydrogen-bond donors (Lipinski definition) is 1. The maximum Gasteiger partial charge on any atom is 0.345 e. The highest BCUT2D eigenvalue weighted by atomic mass is 16.5. The van der Waals surface area contributed by atoms with Gasteiger partial charge in [-0.1, -0.05) is 111 Å². The topological polar surface area (TPSA) is 105 Å². The summed E-state index contributed by atoms with van der Waals surface area (Å²) in [7, 11) is 0. The van der Waals surface area contributed by atoms with Gasteiger partial charge in [-0.3, -0.25) is 4.79 Å². The molecule has 0 aliphatic rings. The third-order valence-corrected chi connectivity index (χ3v) is 9.39. The summed E-state index contributed by atoms with van der Waals surface area (Å²) in [5.74, 6) is 0.237. The zero-order chi connectivity index (χ0) is 35.2. The number of esters is 1. The van der Waals surface area contributed by atoms with Crippen LogP contribution in [0.5, 0.6) is 5.88 Å². The van der Waals surface area contributed by atoms with Crippen LogP contribution in [0.15, 0.2) is 45.6 Å². The van der Waals surface area contributed by atoms with Crippen LogP contribution in [0, 0.1) is 11.3 Å². The van der Waals surface area contributed by atoms with E-state index >= 15 is 0 Å². The molecule has 0 saturated heterocycles. The van der Waals surface area contributed by atoms with Gasteiger partial charge in [0.25, 0.3) is 0 Å². The zero-order valence-corrected chi connectivity index (χ0v) is 30.9. The normalized spacial score (nSPS) is 13.8. The molecule has 0 amide bonds. The summed E-state index contributed by atoms with van der Waals surface area (Å²) in [5, 5.41) is 0.785. The molecule has 0 fully saturated rings. The van der Waals surface area contributed by atoms with Crippen molar-refractivity contribution in [2.24, 2.45) is 17.1 Å². The predicted molar refractivity (Wildman–Crippen MR) is 198 cm³/mol. The minimum atomic E-state index is -0.957. The summed E-state index contributed by atoms with van der Waals surface area (Å²) < 4.78 is 17.1. The van der Waals surface area contributed by atoms with E-state index in [-0.39, 0.29) is 22.9 Å². The van der Waals surface area contributed by atoms with Crippen LogP contribution in [-0.4, -0.2) is 29.7 Å². The summed E-state index contributed by atoms with van der Waals surface area (Å²) in [6.07, 6.45) is 15.0. The lowest BCUT2D eigenvalue weighted by atomic mass is 9.76. The molecule has 48 heavy (non-hydrogen) atoms. The van der Waals surface area contributed by atoms with E-state index in [1.807, 2.05) is 25.1 Å². The summed E-state index contributed by atoms with van der Waals surface area (Å²) in [5.41, 5.74) is 9.44. The van der Waals surface area contributed by atoms with E-state index in [0.29, 0.717) is 30.4 Å². The molecule has 2 atom stereocenters. The SMILES string of the molecule is CCCCCc1ccc(-c2cc3ccc(OCCCCCCCCCCOC(=O)C(C)(N)C(C)CC(C)(C)C)nc3oc2=O)c(CC)c1. The predicted octanol–water partition coefficient (Wildman–Crippen LogP) is 9.98. The smallest absolute Gasteiger partial charge is 0.345 e. The Hall–Kier alpha value is -3.19. The van der Waals surface area contributed by atoms with E-state index in [1.165, 1.54) is 43.2 Å². The van der Waals surface area contributed by atoms with Crippen molar-refractivity contribution in [1.82, 2.24) is 4.98 Å². The van der Waals surface area contributed by atoms with Crippen LogP contribution in [0.1, 0.15) is 137 Å². The number of carbonyl (C=O) groups is 1. The Kier molecular flexibility index (Phi) is 15.6. The van der Waals surface area contributed by atoms with Gasteiger partial charge in [0.05, 0.1) is 18.8 Å². The number of unbranched alkanes of at least 4 members (excludes halogenated alkanes) is 9. The number of carbonyl (C=O) groups excluding carboxylic acids is 1. The van der Waals surface area contributed by atoms with E-state index in [2.05, 4.69) is 57.8 Å². The molecule has 7 nitrogen and oxygen atoms in total. The number of aromatic nitrogens is 1. The van der Waals surface area contributed by atoms with Crippen LogP contribution < -0.4 is 16.1 Å². The van der Waals surface area contributed by atoms with E-state index in [1.54, 1.807) is 6.92 Å². The van der Waals surface area contributed by atoms with Crippen molar-refractivity contribution >= 4 is 17.1 Å². The highest BCUT2D eigenvalue weighted by Gasteiger charge is 2.38. The summed E-state index contributed by atoms with van der Waals surface area (Å²) >= 11 is 0. The monoisotopic (exact) mass is 662 g/mol. The van der Waals surface area contributed by atoms with Gasteiger partial charge < -0.3 is 19.6 Å². The Bertz CT molecular complexity index is 1490. The molecular weight excluding hydrogens is 600 g/mol. The van der Waals surface area contributed by atoms with Crippen molar-refractivity contribution < 1.29 is 18.7 Å². The van der Waals surface area contributed by atoms with Crippen LogP contribution in [0.25, 0.3) is 22.2 Å². The number of hydrogen-bond acceptors (Lipinski definition) is 7. The van der Waals surface area contributed by atoms with Gasteiger partial charge in [-0.2, -0.15) is 4.98 Å². The standard InChI is InChI=1S/C41H62N2O5/c1-8-10-17-20-31-21-23-34(32(9-2)27-31)35-28-33-22-24-36(43-37(33)48-38(35)44)46-25-18-15-13-11-12-14-16-19-26-47-39(45)41(7,42)30(3)29-40(4,5)6/h21-24,27-28,30H,8-20,25-26,29,42H2,1-7H3. The number of pyridine rings is 1. The zero-order valence-electron chi connectivity index (χ0n) is 30.9. The van der Waals surface area contributed by atoms with Crippen LogP contribution in [-0.2, 0) is 22.4 Å². The van der Waals surface area contributed by atoms with E-state index in [4.69, 9.17) is 19.6 Å². The number of nitrogens with two attached hydrogens (primary N) is 1. The Morgan fingerprint density at radius 2 is 1.52 bits per heavy atom. The molecule has 2 N–H and O–H groups in total. The van der Waals surface area contributed by atoms with E-state index < -0.39 is 5.54 Å². The molecule has 2 unspecified atom stereocenters. The molecule has 266 valence electrons. The molecule has 2 heterocycles. The van der Waals surface area contributed by atoms with Crippen LogP contribution >= 0.6 is 0 Å². The molecule has 3 rings (SSSR count). The molecule has 0 bridgehead atoms. The second-order valence-electron chi connectivity index (χ2n) is 15.1. The number of benzene rings is 1. The lowest BCUT2D eigenvalue weighted by Gasteiger charge is -2.33. The Labute approximate surface area is 289 Å². The molecule has 3 aromatic rings. The van der Waals surface area contributed by atoms with Crippen molar-refractivity contribution in [1.29, 1.82) is 0 Å². The maximum atomic E-state index is 13.0. The lowest BCUT2D eigenvalue weighted by Crippen LogP contribution is -2.52. The first kappa shape index (κ1) is 39.3. The molecule has 0 spiro atoms. The minimum Gasteiger partial charge on any atom is -0.478 e. The Morgan fingerprint density at radius 1 is 0.854 bits per heavy atom. The fourth-order valence-corrected chi connectivity index (χ4v) is 6.28. The molecular formula is C41H62N2O5. The summed E-state index contributed by atoms with van der Waals surface area (Å²) in [6, 6.07) is 12.1. The van der Waals surface area contributed by atoms with E-state index in [9.17, 15) is 9.59 Å². The fourth-order valence-electron chi connectivity index (χ4n) is 6.28. The van der Waals surface area contributed by atoms with Gasteiger partial charge in [0, 0.05) is 11.5 Å². The molecule has 0 radical (unpaired) electrons. The van der Waals surface area contributed by atoms with Gasteiger partial charge in [-0.15, -0.1) is 0 Å². The number of aryl methyl sites for hydroxylation is 2. The van der Waals surface area contributed by atoms with Crippen molar-refractivity contribution in [3.05, 3.63) is 57.9 Å². The van der Waals surface area contributed by atoms with Crippen molar-refractivity contribution in [2.75, 3.05) is 13.2 Å². The van der Waals surface area contributed by atoms with Crippen molar-refractivity contribution in [2.45, 2.75) is 144 Å². The number of ether oxygens (including phenoxy) is 2. The van der Waals surface area contributed by atoms with Crippen molar-refractivity contribution in [3.8, 4) is 17.0 Å². The molecule has 0 aliphatic heterocycles. The molecule has 0 aliphatic carbocycles. The summed E-state index contributed by atoms with van der Waals surface area (Å²) in [6.45, 7) is 15.7. The van der Waals surface area contributed by atoms with Gasteiger partial charge in [0.1, 0.15) is 5.54 Å². The number of rotatable bonds is 21. The maximum absolute atomic E-state index is 13.0. The average Bonchev–Trinajstić information content (AvgIpc) is 3.04. The highest BCUT2D eigenvalue weighted by Crippen LogP contribution is 2.31. The largest absolute Gasteiger partial charge is 0.478 e. The Morgan fingerprint density at radius 3 is 2.17 bits per heavy atom. The molecule has 7 heteroatoms. The molecule has 0 saturated carbocycles. The lowest BCUT2D eigenvalue weighted by molar-refractivity contribution is -0.152. The van der Waals surface area contributed by atoms with Gasteiger partial charge in [-0.25, -0.2) is 4.79 Å². The number of fused-ring (bicyclic) bond motifs is 1. The van der Waals surface area contributed by atoms with Gasteiger partial charge in [-0.05, 0) is 85.6 Å². The van der Waals surface area contributed by atoms with Crippen molar-refractivity contribution in [3.63, 3.8) is 0 Å². The number of nitrogens with zero attached hydrogens (tertiary/aromatic N) is 1. The van der Waals surface area contributed by atoms with Gasteiger partial charge in [0.2, 0.25) is 11.6 Å². The highest BCUT2D eigenvalue weighted by molar-refractivity contribution is 5.81. The average molecular weight is 663 g/mol. The second-order valence-corrected chi connectivity index (χ2v) is 15.1. The fraction of sp³-hybridized carbons (Fsp3) is 0.634. The molecule has 2 aromatic heterocycles. The minimum absolute atomic E-state index is 0.0542. The first-order valence-corrected chi connectivity index (χ1v) is 18.5. The van der Waals surface area contributed by atoms with Crippen LogP contribution in [0.3, 0.4) is 0 Å². The first-order valence-electron chi connectivity index (χ1n) is 18.5. The Balaban J connectivity index is 1.33. The van der Waals surface area contributed by atoms with Gasteiger partial charge in [0.15, 0.2) is 0 Å². The second kappa shape index (κ2) is 19.1. The quantitative estimate of drug-likeness (QED) is 0.0894. The molecule has 1 aromatic carbocycles. The van der Waals surface area contributed by atoms with Gasteiger partial charge >= 0.3 is 11.6 Å². The third-order valence-electron chi connectivity index (χ3n) is 9.39. The van der Waals surface area contributed by atoms with E-state index in [0.717, 1.165) is 68.7 Å². The van der Waals surface area contributed by atoms with Crippen LogP contribution in [0.4, 0.5) is 0 Å². The third kappa shape index (κ3) is 12.4. The summed E-state index contributed by atoms with van der Waals surface area (Å²) in [4.78, 5) is 30.0. The van der Waals surface area contributed by atoms with Crippen LogP contribution in [0.2, 0.25) is 0 Å².